The summed E-state index contributed by atoms with van der Waals surface area (Å²) in [4.78, 5) is 0. The highest BCUT2D eigenvalue weighted by atomic mass is 79.9. The fraction of sp³-hybridized carbons (Fsp3) is 0.222. The molecule has 0 aromatic heterocycles. The lowest BCUT2D eigenvalue weighted by Crippen LogP contribution is -2.31. The first kappa shape index (κ1) is 19.2. The van der Waals surface area contributed by atoms with Crippen LogP contribution in [0.15, 0.2) is 52.0 Å². The number of nitrogens with zero attached hydrogens (tertiary/aromatic N) is 1. The summed E-state index contributed by atoms with van der Waals surface area (Å²) in [6.07, 6.45) is 1.67. The van der Waals surface area contributed by atoms with E-state index in [9.17, 15) is 0 Å². The van der Waals surface area contributed by atoms with Crippen LogP contribution in [0.25, 0.3) is 0 Å². The first-order valence-electron chi connectivity index (χ1n) is 7.74. The number of thiocarbonyl (C=S) groups is 1. The molecule has 0 aliphatic rings. The normalized spacial score (nSPS) is 10.5. The number of halogens is 1. The summed E-state index contributed by atoms with van der Waals surface area (Å²) >= 11 is 8.46. The standard InChI is InChI=1S/C18H20BrN3O2S/c1-3-20-18(25)22-21-11-14-6-9-16(17(10-14)23-2)24-12-13-4-7-15(19)8-5-13/h4-11H,3,12H2,1-2H3,(H2,20,22,25)/b21-11+. The van der Waals surface area contributed by atoms with Gasteiger partial charge >= 0.3 is 0 Å². The van der Waals surface area contributed by atoms with Gasteiger partial charge in [0, 0.05) is 11.0 Å². The monoisotopic (exact) mass is 421 g/mol. The zero-order valence-electron chi connectivity index (χ0n) is 14.1. The van der Waals surface area contributed by atoms with E-state index in [1.54, 1.807) is 13.3 Å². The number of hydrogen-bond donors (Lipinski definition) is 2. The summed E-state index contributed by atoms with van der Waals surface area (Å²) < 4.78 is 12.3. The smallest absolute Gasteiger partial charge is 0.186 e. The Bertz CT molecular complexity index is 736. The molecule has 0 amide bonds. The van der Waals surface area contributed by atoms with Crippen LogP contribution in [0.2, 0.25) is 0 Å². The van der Waals surface area contributed by atoms with Gasteiger partial charge in [-0.15, -0.1) is 0 Å². The van der Waals surface area contributed by atoms with Crippen molar-refractivity contribution in [1.29, 1.82) is 0 Å². The highest BCUT2D eigenvalue weighted by Gasteiger charge is 2.06. The second-order valence-corrected chi connectivity index (χ2v) is 6.38. The molecule has 2 rings (SSSR count). The van der Waals surface area contributed by atoms with Crippen molar-refractivity contribution in [1.82, 2.24) is 10.7 Å². The molecule has 2 N–H and O–H groups in total. The van der Waals surface area contributed by atoms with Crippen molar-refractivity contribution < 1.29 is 9.47 Å². The molecule has 0 aliphatic heterocycles. The second kappa shape index (κ2) is 10.0. The van der Waals surface area contributed by atoms with Gasteiger partial charge in [0.25, 0.3) is 0 Å². The van der Waals surface area contributed by atoms with Gasteiger partial charge in [-0.3, -0.25) is 5.43 Å². The van der Waals surface area contributed by atoms with E-state index in [0.29, 0.717) is 23.2 Å². The molecule has 0 fully saturated rings. The molecule has 0 radical (unpaired) electrons. The minimum absolute atomic E-state index is 0.468. The molecule has 0 unspecified atom stereocenters. The van der Waals surface area contributed by atoms with Crippen LogP contribution in [0.1, 0.15) is 18.1 Å². The Kier molecular flexibility index (Phi) is 7.69. The van der Waals surface area contributed by atoms with Gasteiger partial charge in [-0.2, -0.15) is 5.10 Å². The van der Waals surface area contributed by atoms with Gasteiger partial charge in [-0.1, -0.05) is 28.1 Å². The van der Waals surface area contributed by atoms with E-state index in [1.807, 2.05) is 49.4 Å². The van der Waals surface area contributed by atoms with Gasteiger partial charge < -0.3 is 14.8 Å². The topological polar surface area (TPSA) is 54.9 Å². The SMILES string of the molecule is CCNC(=S)N/N=C/c1ccc(OCc2ccc(Br)cc2)c(OC)c1. The number of nitrogens with one attached hydrogen (secondary N) is 2. The summed E-state index contributed by atoms with van der Waals surface area (Å²) in [5, 5.41) is 7.53. The number of hydrazone groups is 1. The molecule has 0 bridgehead atoms. The molecule has 0 heterocycles. The third-order valence-electron chi connectivity index (χ3n) is 3.21. The molecular weight excluding hydrogens is 402 g/mol. The highest BCUT2D eigenvalue weighted by Crippen LogP contribution is 2.28. The fourth-order valence-corrected chi connectivity index (χ4v) is 2.45. The summed E-state index contributed by atoms with van der Waals surface area (Å²) in [6, 6.07) is 13.6. The van der Waals surface area contributed by atoms with Crippen LogP contribution in [0.5, 0.6) is 11.5 Å². The zero-order chi connectivity index (χ0) is 18.1. The lowest BCUT2D eigenvalue weighted by Gasteiger charge is -2.11. The van der Waals surface area contributed by atoms with E-state index < -0.39 is 0 Å². The Morgan fingerprint density at radius 2 is 1.96 bits per heavy atom. The van der Waals surface area contributed by atoms with Gasteiger partial charge in [0.2, 0.25) is 0 Å². The largest absolute Gasteiger partial charge is 0.493 e. The van der Waals surface area contributed by atoms with Crippen LogP contribution in [0.4, 0.5) is 0 Å². The Morgan fingerprint density at radius 1 is 1.20 bits per heavy atom. The molecule has 132 valence electrons. The summed E-state index contributed by atoms with van der Waals surface area (Å²) in [5.74, 6) is 1.33. The van der Waals surface area contributed by atoms with Crippen molar-refractivity contribution >= 4 is 39.5 Å². The van der Waals surface area contributed by atoms with E-state index >= 15 is 0 Å². The van der Waals surface area contributed by atoms with Crippen molar-refractivity contribution in [2.45, 2.75) is 13.5 Å². The predicted octanol–water partition coefficient (Wildman–Crippen LogP) is 3.85. The van der Waals surface area contributed by atoms with Crippen molar-refractivity contribution in [3.05, 3.63) is 58.1 Å². The fourth-order valence-electron chi connectivity index (χ4n) is 1.99. The van der Waals surface area contributed by atoms with Crippen LogP contribution in [-0.4, -0.2) is 25.0 Å². The van der Waals surface area contributed by atoms with Crippen molar-refractivity contribution in [3.63, 3.8) is 0 Å². The number of methoxy groups -OCH3 is 1. The van der Waals surface area contributed by atoms with E-state index in [1.165, 1.54) is 0 Å². The third kappa shape index (κ3) is 6.36. The maximum atomic E-state index is 5.85. The molecule has 2 aromatic carbocycles. The molecule has 2 aromatic rings. The van der Waals surface area contributed by atoms with Crippen LogP contribution in [0.3, 0.4) is 0 Å². The molecule has 0 saturated carbocycles. The molecule has 0 aliphatic carbocycles. The van der Waals surface area contributed by atoms with Crippen LogP contribution < -0.4 is 20.2 Å². The minimum Gasteiger partial charge on any atom is -0.493 e. The van der Waals surface area contributed by atoms with Crippen LogP contribution in [-0.2, 0) is 6.61 Å². The van der Waals surface area contributed by atoms with Gasteiger partial charge in [0.15, 0.2) is 16.6 Å². The first-order valence-corrected chi connectivity index (χ1v) is 8.94. The number of benzene rings is 2. The maximum Gasteiger partial charge on any atom is 0.186 e. The molecular formula is C18H20BrN3O2S. The van der Waals surface area contributed by atoms with Crippen molar-refractivity contribution in [2.75, 3.05) is 13.7 Å². The molecule has 0 saturated heterocycles. The number of ether oxygens (including phenoxy) is 2. The second-order valence-electron chi connectivity index (χ2n) is 5.05. The van der Waals surface area contributed by atoms with Gasteiger partial charge in [-0.25, -0.2) is 0 Å². The molecule has 7 heteroatoms. The highest BCUT2D eigenvalue weighted by molar-refractivity contribution is 9.10. The third-order valence-corrected chi connectivity index (χ3v) is 3.98. The van der Waals surface area contributed by atoms with E-state index in [0.717, 1.165) is 22.1 Å². The van der Waals surface area contributed by atoms with E-state index in [2.05, 4.69) is 31.8 Å². The summed E-state index contributed by atoms with van der Waals surface area (Å²) in [7, 11) is 1.61. The van der Waals surface area contributed by atoms with Crippen molar-refractivity contribution in [2.24, 2.45) is 5.10 Å². The van der Waals surface area contributed by atoms with Gasteiger partial charge in [0.05, 0.1) is 13.3 Å². The Labute approximate surface area is 161 Å². The lowest BCUT2D eigenvalue weighted by molar-refractivity contribution is 0.284. The van der Waals surface area contributed by atoms with Crippen LogP contribution in [0, 0.1) is 0 Å². The molecule has 5 nitrogen and oxygen atoms in total. The quantitative estimate of drug-likeness (QED) is 0.403. The van der Waals surface area contributed by atoms with E-state index in [4.69, 9.17) is 21.7 Å². The number of rotatable bonds is 7. The maximum absolute atomic E-state index is 5.85. The van der Waals surface area contributed by atoms with Gasteiger partial charge in [0.1, 0.15) is 6.61 Å². The average molecular weight is 422 g/mol. The minimum atomic E-state index is 0.468. The number of hydrogen-bond acceptors (Lipinski definition) is 4. The summed E-state index contributed by atoms with van der Waals surface area (Å²) in [5.41, 5.74) is 4.70. The predicted molar refractivity (Wildman–Crippen MR) is 108 cm³/mol. The van der Waals surface area contributed by atoms with Crippen LogP contribution >= 0.6 is 28.1 Å². The Hall–Kier alpha value is -2.12. The first-order chi connectivity index (χ1) is 12.1. The summed E-state index contributed by atoms with van der Waals surface area (Å²) in [6.45, 7) is 3.19. The Balaban J connectivity index is 1.99. The molecule has 0 atom stereocenters. The average Bonchev–Trinajstić information content (AvgIpc) is 2.62. The molecule has 25 heavy (non-hydrogen) atoms. The van der Waals surface area contributed by atoms with E-state index in [-0.39, 0.29) is 0 Å². The van der Waals surface area contributed by atoms with Crippen molar-refractivity contribution in [3.8, 4) is 11.5 Å². The lowest BCUT2D eigenvalue weighted by atomic mass is 10.2. The Morgan fingerprint density at radius 3 is 2.64 bits per heavy atom. The van der Waals surface area contributed by atoms with Gasteiger partial charge in [-0.05, 0) is 60.6 Å². The molecule has 0 spiro atoms. The zero-order valence-corrected chi connectivity index (χ0v) is 16.5.